The Morgan fingerprint density at radius 2 is 1.91 bits per heavy atom. The molecule has 1 aliphatic carbocycles. The maximum absolute atomic E-state index is 12.3. The average molecular weight is 319 g/mol. The van der Waals surface area contributed by atoms with Crippen LogP contribution in [0.3, 0.4) is 0 Å². The van der Waals surface area contributed by atoms with Crippen molar-refractivity contribution in [1.82, 2.24) is 14.7 Å². The Labute approximate surface area is 139 Å². The van der Waals surface area contributed by atoms with Gasteiger partial charge in [-0.3, -0.25) is 4.68 Å². The first-order valence-corrected chi connectivity index (χ1v) is 8.80. The van der Waals surface area contributed by atoms with E-state index >= 15 is 0 Å². The van der Waals surface area contributed by atoms with Crippen LogP contribution in [0.5, 0.6) is 0 Å². The lowest BCUT2D eigenvalue weighted by Gasteiger charge is -2.40. The summed E-state index contributed by atoms with van der Waals surface area (Å²) in [5.74, 6) is 0. The number of rotatable bonds is 1. The van der Waals surface area contributed by atoms with Gasteiger partial charge in [-0.2, -0.15) is 5.10 Å². The first kappa shape index (κ1) is 16.3. The lowest BCUT2D eigenvalue weighted by molar-refractivity contribution is 0.0160. The first-order valence-electron chi connectivity index (χ1n) is 8.80. The zero-order valence-corrected chi connectivity index (χ0v) is 15.1. The number of piperidine rings is 1. The van der Waals surface area contributed by atoms with E-state index in [9.17, 15) is 4.79 Å². The smallest absolute Gasteiger partial charge is 0.410 e. The van der Waals surface area contributed by atoms with Crippen molar-refractivity contribution in [2.75, 3.05) is 13.1 Å². The van der Waals surface area contributed by atoms with Crippen molar-refractivity contribution in [2.24, 2.45) is 0 Å². The lowest BCUT2D eigenvalue weighted by Crippen LogP contribution is -2.46. The number of aromatic nitrogens is 2. The van der Waals surface area contributed by atoms with E-state index in [0.29, 0.717) is 0 Å². The number of carbonyl (C=O) groups excluding carboxylic acids is 1. The highest BCUT2D eigenvalue weighted by molar-refractivity contribution is 5.68. The molecule has 0 N–H and O–H groups in total. The van der Waals surface area contributed by atoms with E-state index in [2.05, 4.69) is 18.5 Å². The number of hydrogen-bond acceptors (Lipinski definition) is 3. The molecule has 23 heavy (non-hydrogen) atoms. The number of hydrogen-bond donors (Lipinski definition) is 0. The molecule has 5 heteroatoms. The SMILES string of the molecule is CCn1nc(C)c2c1C1(CC2)CCN(C(=O)OC(C)(C)C)CC1. The Bertz CT molecular complexity index is 605. The van der Waals surface area contributed by atoms with Crippen molar-refractivity contribution in [1.29, 1.82) is 0 Å². The number of carbonyl (C=O) groups is 1. The standard InChI is InChI=1S/C18H29N3O2/c1-6-21-15-14(13(2)19-21)7-8-18(15)9-11-20(12-10-18)16(22)23-17(3,4)5/h6-12H2,1-5H3. The molecule has 0 radical (unpaired) electrons. The molecular formula is C18H29N3O2. The van der Waals surface area contributed by atoms with Gasteiger partial charge in [0.05, 0.1) is 5.69 Å². The Hall–Kier alpha value is -1.52. The summed E-state index contributed by atoms with van der Waals surface area (Å²) >= 11 is 0. The molecule has 1 fully saturated rings. The Kier molecular flexibility index (Phi) is 3.93. The molecule has 1 aromatic rings. The van der Waals surface area contributed by atoms with Gasteiger partial charge in [0.2, 0.25) is 0 Å². The quantitative estimate of drug-likeness (QED) is 0.797. The van der Waals surface area contributed by atoms with E-state index in [1.165, 1.54) is 23.4 Å². The second-order valence-corrected chi connectivity index (χ2v) is 7.98. The van der Waals surface area contributed by atoms with Gasteiger partial charge >= 0.3 is 6.09 Å². The van der Waals surface area contributed by atoms with Crippen molar-refractivity contribution in [3.8, 4) is 0 Å². The Morgan fingerprint density at radius 1 is 1.26 bits per heavy atom. The first-order chi connectivity index (χ1) is 10.8. The third-order valence-corrected chi connectivity index (χ3v) is 5.28. The summed E-state index contributed by atoms with van der Waals surface area (Å²) < 4.78 is 7.71. The van der Waals surface area contributed by atoms with Crippen molar-refractivity contribution < 1.29 is 9.53 Å². The van der Waals surface area contributed by atoms with Crippen LogP contribution in [0.4, 0.5) is 4.79 Å². The van der Waals surface area contributed by atoms with Crippen LogP contribution in [0.1, 0.15) is 63.9 Å². The lowest BCUT2D eigenvalue weighted by atomic mass is 9.76. The van der Waals surface area contributed by atoms with Gasteiger partial charge in [-0.15, -0.1) is 0 Å². The molecule has 0 unspecified atom stereocenters. The van der Waals surface area contributed by atoms with Gasteiger partial charge in [0.15, 0.2) is 0 Å². The fourth-order valence-electron chi connectivity index (χ4n) is 4.15. The third kappa shape index (κ3) is 2.86. The molecule has 5 nitrogen and oxygen atoms in total. The van der Waals surface area contributed by atoms with Crippen molar-refractivity contribution in [2.45, 2.75) is 77.9 Å². The van der Waals surface area contributed by atoms with E-state index in [1.54, 1.807) is 0 Å². The summed E-state index contributed by atoms with van der Waals surface area (Å²) in [6.45, 7) is 12.5. The third-order valence-electron chi connectivity index (χ3n) is 5.28. The van der Waals surface area contributed by atoms with Crippen LogP contribution in [0.15, 0.2) is 0 Å². The van der Waals surface area contributed by atoms with Gasteiger partial charge in [0.25, 0.3) is 0 Å². The van der Waals surface area contributed by atoms with E-state index in [0.717, 1.165) is 38.9 Å². The molecule has 0 bridgehead atoms. The van der Waals surface area contributed by atoms with Crippen molar-refractivity contribution >= 4 is 6.09 Å². The maximum atomic E-state index is 12.3. The largest absolute Gasteiger partial charge is 0.444 e. The highest BCUT2D eigenvalue weighted by atomic mass is 16.6. The predicted octanol–water partition coefficient (Wildman–Crippen LogP) is 3.43. The van der Waals surface area contributed by atoms with Crippen molar-refractivity contribution in [3.63, 3.8) is 0 Å². The van der Waals surface area contributed by atoms with Crippen molar-refractivity contribution in [3.05, 3.63) is 17.0 Å². The van der Waals surface area contributed by atoms with Crippen LogP contribution in [-0.4, -0.2) is 39.5 Å². The number of likely N-dealkylation sites (tertiary alicyclic amines) is 1. The van der Waals surface area contributed by atoms with E-state index in [4.69, 9.17) is 9.84 Å². The van der Waals surface area contributed by atoms with Gasteiger partial charge in [-0.05, 0) is 65.9 Å². The molecular weight excluding hydrogens is 290 g/mol. The summed E-state index contributed by atoms with van der Waals surface area (Å²) in [5.41, 5.74) is 3.88. The molecule has 0 aromatic carbocycles. The minimum atomic E-state index is -0.426. The van der Waals surface area contributed by atoms with Crippen LogP contribution in [-0.2, 0) is 23.1 Å². The highest BCUT2D eigenvalue weighted by Gasteiger charge is 2.45. The molecule has 1 amide bonds. The highest BCUT2D eigenvalue weighted by Crippen LogP contribution is 2.47. The molecule has 1 aliphatic heterocycles. The molecule has 1 aromatic heterocycles. The molecule has 0 atom stereocenters. The molecule has 128 valence electrons. The Morgan fingerprint density at radius 3 is 2.48 bits per heavy atom. The number of aryl methyl sites for hydroxylation is 2. The van der Waals surface area contributed by atoms with Gasteiger partial charge in [0, 0.05) is 30.7 Å². The molecule has 3 rings (SSSR count). The zero-order chi connectivity index (χ0) is 16.8. The number of nitrogens with zero attached hydrogens (tertiary/aromatic N) is 3. The predicted molar refractivity (Wildman–Crippen MR) is 89.7 cm³/mol. The summed E-state index contributed by atoms with van der Waals surface area (Å²) in [6.07, 6.45) is 4.19. The summed E-state index contributed by atoms with van der Waals surface area (Å²) in [5, 5.41) is 4.71. The minimum Gasteiger partial charge on any atom is -0.444 e. The fraction of sp³-hybridized carbons (Fsp3) is 0.778. The molecule has 2 aliphatic rings. The topological polar surface area (TPSA) is 47.4 Å². The van der Waals surface area contributed by atoms with Crippen LogP contribution in [0.25, 0.3) is 0 Å². The van der Waals surface area contributed by atoms with Gasteiger partial charge in [-0.1, -0.05) is 0 Å². The van der Waals surface area contributed by atoms with E-state index < -0.39 is 5.60 Å². The van der Waals surface area contributed by atoms with Crippen LogP contribution >= 0.6 is 0 Å². The number of fused-ring (bicyclic) bond motifs is 2. The summed E-state index contributed by atoms with van der Waals surface area (Å²) in [4.78, 5) is 14.1. The van der Waals surface area contributed by atoms with Gasteiger partial charge in [-0.25, -0.2) is 4.79 Å². The minimum absolute atomic E-state index is 0.175. The number of amides is 1. The second-order valence-electron chi connectivity index (χ2n) is 7.98. The Balaban J connectivity index is 1.75. The molecule has 0 saturated carbocycles. The van der Waals surface area contributed by atoms with Crippen LogP contribution in [0, 0.1) is 6.92 Å². The monoisotopic (exact) mass is 319 g/mol. The fourth-order valence-corrected chi connectivity index (χ4v) is 4.15. The maximum Gasteiger partial charge on any atom is 0.410 e. The number of ether oxygens (including phenoxy) is 1. The van der Waals surface area contributed by atoms with Crippen LogP contribution in [0.2, 0.25) is 0 Å². The second kappa shape index (κ2) is 5.53. The van der Waals surface area contributed by atoms with E-state index in [-0.39, 0.29) is 11.5 Å². The van der Waals surface area contributed by atoms with Gasteiger partial charge < -0.3 is 9.64 Å². The molecule has 1 saturated heterocycles. The zero-order valence-electron chi connectivity index (χ0n) is 15.1. The normalized spacial score (nSPS) is 20.0. The molecule has 2 heterocycles. The van der Waals surface area contributed by atoms with E-state index in [1.807, 2.05) is 25.7 Å². The molecule has 1 spiro atoms. The summed E-state index contributed by atoms with van der Waals surface area (Å²) in [6, 6.07) is 0. The average Bonchev–Trinajstić information content (AvgIpc) is 2.98. The van der Waals surface area contributed by atoms with Gasteiger partial charge in [0.1, 0.15) is 5.60 Å². The summed E-state index contributed by atoms with van der Waals surface area (Å²) in [7, 11) is 0. The van der Waals surface area contributed by atoms with Crippen LogP contribution < -0.4 is 0 Å².